The van der Waals surface area contributed by atoms with E-state index >= 15 is 0 Å². The smallest absolute Gasteiger partial charge is 0.0415 e. The lowest BCUT2D eigenvalue weighted by molar-refractivity contribution is 1.08. The molecule has 5 heavy (non-hydrogen) atoms. The molecule has 0 saturated carbocycles. The van der Waals surface area contributed by atoms with Crippen molar-refractivity contribution < 1.29 is 0 Å². The van der Waals surface area contributed by atoms with Gasteiger partial charge in [-0.25, -0.2) is 0 Å². The summed E-state index contributed by atoms with van der Waals surface area (Å²) in [5.41, 5.74) is 0. The molecule has 0 spiro atoms. The minimum absolute atomic E-state index is 0.331. The van der Waals surface area contributed by atoms with Gasteiger partial charge in [0.15, 0.2) is 0 Å². The lowest BCUT2D eigenvalue weighted by atomic mass is 10.6. The average molecular weight is 106 g/mol. The van der Waals surface area contributed by atoms with Gasteiger partial charge in [0.2, 0.25) is 0 Å². The molecule has 0 radical (unpaired) electrons. The monoisotopic (exact) mass is 106 g/mol. The van der Waals surface area contributed by atoms with Gasteiger partial charge in [-0.3, -0.25) is 0 Å². The molecule has 0 nitrogen and oxygen atoms in total. The highest BCUT2D eigenvalue weighted by atomic mass is 31.3. The lowest BCUT2D eigenvalue weighted by Crippen LogP contribution is -1.68. The topological polar surface area (TPSA) is 0 Å². The zero-order valence-electron chi connectivity index (χ0n) is 3.70. The van der Waals surface area contributed by atoms with Crippen molar-refractivity contribution in [3.05, 3.63) is 0 Å². The van der Waals surface area contributed by atoms with Gasteiger partial charge >= 0.3 is 0 Å². The molecule has 0 N–H and O–H groups in total. The molecule has 0 heterocycles. The van der Waals surface area contributed by atoms with E-state index in [9.17, 15) is 0 Å². The summed E-state index contributed by atoms with van der Waals surface area (Å²) in [7, 11) is 3.17. The van der Waals surface area contributed by atoms with Gasteiger partial charge in [-0.15, -0.1) is 0 Å². The molecule has 0 aliphatic carbocycles. The Labute approximate surface area is 38.2 Å². The van der Waals surface area contributed by atoms with Gasteiger partial charge < -0.3 is 0 Å². The molecular weight excluding hydrogens is 95.1 g/mol. The minimum Gasteiger partial charge on any atom is -0.155 e. The molecule has 0 bridgehead atoms. The fraction of sp³-hybridized carbons (Fsp3) is 1.00. The van der Waals surface area contributed by atoms with Crippen LogP contribution in [0.5, 0.6) is 0 Å². The van der Waals surface area contributed by atoms with E-state index in [2.05, 4.69) is 15.7 Å². The summed E-state index contributed by atoms with van der Waals surface area (Å²) in [6.07, 6.45) is 1.38. The summed E-state index contributed by atoms with van der Waals surface area (Å²) in [6, 6.07) is 1.49. The Morgan fingerprint density at radius 3 is 2.40 bits per heavy atom. The molecule has 0 aromatic carbocycles. The van der Waals surface area contributed by atoms with Gasteiger partial charge in [0.1, 0.15) is 0 Å². The van der Waals surface area contributed by atoms with Gasteiger partial charge in [-0.1, -0.05) is 19.4 Å². The standard InChI is InChI=1S/C3H11PSi/c1-2-3-5-4/h2-5H2,1H3. The van der Waals surface area contributed by atoms with Crippen LogP contribution in [0.25, 0.3) is 0 Å². The van der Waals surface area contributed by atoms with Crippen molar-refractivity contribution in [2.24, 2.45) is 0 Å². The summed E-state index contributed by atoms with van der Waals surface area (Å²) in [6.45, 7) is 2.23. The Morgan fingerprint density at radius 2 is 2.40 bits per heavy atom. The van der Waals surface area contributed by atoms with Crippen molar-refractivity contribution in [3.8, 4) is 0 Å². The van der Waals surface area contributed by atoms with Gasteiger partial charge in [0, 0.05) is 9.19 Å². The van der Waals surface area contributed by atoms with E-state index in [0.29, 0.717) is 9.19 Å². The number of hydrogen-bond donors (Lipinski definition) is 0. The van der Waals surface area contributed by atoms with Crippen molar-refractivity contribution in [3.63, 3.8) is 0 Å². The average Bonchev–Trinajstić information content (AvgIpc) is 1.41. The SMILES string of the molecule is CCC[SiH2]P. The van der Waals surface area contributed by atoms with Crippen molar-refractivity contribution in [1.82, 2.24) is 0 Å². The predicted molar refractivity (Wildman–Crippen MR) is 33.4 cm³/mol. The first kappa shape index (κ1) is 5.65. The molecule has 0 aromatic rings. The van der Waals surface area contributed by atoms with Crippen molar-refractivity contribution >= 4 is 18.0 Å². The van der Waals surface area contributed by atoms with E-state index in [0.717, 1.165) is 0 Å². The molecule has 0 fully saturated rings. The summed E-state index contributed by atoms with van der Waals surface area (Å²) in [4.78, 5) is 0. The van der Waals surface area contributed by atoms with Crippen LogP contribution in [0.1, 0.15) is 13.3 Å². The second-order valence-electron chi connectivity index (χ2n) is 1.14. The molecule has 0 aliphatic rings. The van der Waals surface area contributed by atoms with Crippen molar-refractivity contribution in [1.29, 1.82) is 0 Å². The van der Waals surface area contributed by atoms with Crippen LogP contribution in [0, 0.1) is 0 Å². The van der Waals surface area contributed by atoms with Crippen LogP contribution in [0.3, 0.4) is 0 Å². The zero-order valence-corrected chi connectivity index (χ0v) is 6.27. The van der Waals surface area contributed by atoms with Gasteiger partial charge in [-0.05, 0) is 0 Å². The molecule has 0 aromatic heterocycles. The molecule has 0 aliphatic heterocycles. The third-order valence-corrected chi connectivity index (χ3v) is 2.90. The van der Waals surface area contributed by atoms with Gasteiger partial charge in [0.25, 0.3) is 0 Å². The predicted octanol–water partition coefficient (Wildman–Crippen LogP) is 0.774. The maximum absolute atomic E-state index is 2.84. The van der Waals surface area contributed by atoms with Crippen molar-refractivity contribution in [2.45, 2.75) is 19.4 Å². The van der Waals surface area contributed by atoms with Crippen molar-refractivity contribution in [2.75, 3.05) is 0 Å². The molecule has 0 amide bonds. The fourth-order valence-corrected chi connectivity index (χ4v) is 1.84. The van der Waals surface area contributed by atoms with Crippen LogP contribution < -0.4 is 0 Å². The zero-order chi connectivity index (χ0) is 4.12. The molecule has 1 unspecified atom stereocenters. The third-order valence-electron chi connectivity index (χ3n) is 0.558. The van der Waals surface area contributed by atoms with E-state index in [1.807, 2.05) is 0 Å². The second-order valence-corrected chi connectivity index (χ2v) is 4.16. The Kier molecular flexibility index (Phi) is 5.25. The summed E-state index contributed by atoms with van der Waals surface area (Å²) >= 11 is 0. The van der Waals surface area contributed by atoms with E-state index in [1.54, 1.807) is 0 Å². The Balaban J connectivity index is 2.19. The van der Waals surface area contributed by atoms with Crippen LogP contribution in [-0.2, 0) is 0 Å². The van der Waals surface area contributed by atoms with E-state index in [1.165, 1.54) is 12.5 Å². The first-order chi connectivity index (χ1) is 2.41. The highest BCUT2D eigenvalue weighted by molar-refractivity contribution is 7.55. The first-order valence-corrected chi connectivity index (χ1v) is 6.38. The largest absolute Gasteiger partial charge is 0.155 e. The molecule has 32 valence electrons. The van der Waals surface area contributed by atoms with Crippen LogP contribution in [0.15, 0.2) is 0 Å². The van der Waals surface area contributed by atoms with Crippen LogP contribution in [-0.4, -0.2) is 9.19 Å². The van der Waals surface area contributed by atoms with E-state index in [-0.39, 0.29) is 0 Å². The Bertz CT molecular complexity index is 14.4. The summed E-state index contributed by atoms with van der Waals surface area (Å²) in [5, 5.41) is 0. The van der Waals surface area contributed by atoms with Gasteiger partial charge in [0.05, 0.1) is 0 Å². The number of hydrogen-bond acceptors (Lipinski definition) is 0. The Hall–Kier alpha value is 0.647. The summed E-state index contributed by atoms with van der Waals surface area (Å²) < 4.78 is 0. The maximum Gasteiger partial charge on any atom is 0.0415 e. The lowest BCUT2D eigenvalue weighted by Gasteiger charge is -1.78. The fourth-order valence-electron chi connectivity index (χ4n) is 0.204. The van der Waals surface area contributed by atoms with E-state index < -0.39 is 0 Å². The Morgan fingerprint density at radius 1 is 1.80 bits per heavy atom. The highest BCUT2D eigenvalue weighted by Crippen LogP contribution is 1.88. The molecule has 2 heteroatoms. The molecule has 0 rings (SSSR count). The van der Waals surface area contributed by atoms with E-state index in [4.69, 9.17) is 0 Å². The third kappa shape index (κ3) is 4.65. The summed E-state index contributed by atoms with van der Waals surface area (Å²) in [5.74, 6) is 0. The number of rotatable bonds is 2. The normalized spacial score (nSPS) is 10.8. The van der Waals surface area contributed by atoms with Crippen LogP contribution >= 0.6 is 8.79 Å². The van der Waals surface area contributed by atoms with Crippen LogP contribution in [0.2, 0.25) is 6.04 Å². The van der Waals surface area contributed by atoms with Gasteiger partial charge in [-0.2, -0.15) is 8.79 Å². The quantitative estimate of drug-likeness (QED) is 0.360. The maximum atomic E-state index is 2.84. The molecule has 0 saturated heterocycles. The first-order valence-electron chi connectivity index (χ1n) is 2.12. The highest BCUT2D eigenvalue weighted by Gasteiger charge is 1.69. The molecule has 1 atom stereocenters. The van der Waals surface area contributed by atoms with Crippen LogP contribution in [0.4, 0.5) is 0 Å². The molecular formula is C3H11PSi. The minimum atomic E-state index is 0.331. The second kappa shape index (κ2) is 4.65.